The predicted octanol–water partition coefficient (Wildman–Crippen LogP) is 4.05. The monoisotopic (exact) mass is 411 g/mol. The first-order chi connectivity index (χ1) is 13.7. The van der Waals surface area contributed by atoms with Crippen LogP contribution in [0.2, 0.25) is 0 Å². The summed E-state index contributed by atoms with van der Waals surface area (Å²) in [5.41, 5.74) is -0.688. The second-order valence-corrected chi connectivity index (χ2v) is 5.86. The molecule has 2 rings (SSSR count). The van der Waals surface area contributed by atoms with Crippen molar-refractivity contribution in [1.29, 1.82) is 0 Å². The van der Waals surface area contributed by atoms with Gasteiger partial charge < -0.3 is 19.5 Å². The number of hydrogen-bond donors (Lipinski definition) is 1. The van der Waals surface area contributed by atoms with Crippen LogP contribution in [-0.2, 0) is 20.5 Å². The van der Waals surface area contributed by atoms with Gasteiger partial charge in [0.05, 0.1) is 12.2 Å². The summed E-state index contributed by atoms with van der Waals surface area (Å²) in [5, 5.41) is 2.38. The topological polar surface area (TPSA) is 73.9 Å². The van der Waals surface area contributed by atoms with E-state index in [0.717, 1.165) is 24.3 Å². The Balaban J connectivity index is 1.85. The van der Waals surface area contributed by atoms with Gasteiger partial charge in [0, 0.05) is 5.69 Å². The average Bonchev–Trinajstić information content (AvgIpc) is 2.67. The van der Waals surface area contributed by atoms with Crippen LogP contribution in [0.5, 0.6) is 11.5 Å². The predicted molar refractivity (Wildman–Crippen MR) is 98.7 cm³/mol. The van der Waals surface area contributed by atoms with E-state index in [0.29, 0.717) is 18.1 Å². The highest BCUT2D eigenvalue weighted by atomic mass is 19.4. The Morgan fingerprint density at radius 2 is 1.59 bits per heavy atom. The molecule has 1 amide bonds. The molecule has 0 radical (unpaired) electrons. The standard InChI is InChI=1S/C20H20F3NO5/c1-3-27-16-6-4-5-7-17(16)28-12-18(25)29-13(2)19(26)24-15-10-8-14(9-11-15)20(21,22)23/h4-11,13H,3,12H2,1-2H3,(H,24,26)/t13-/m0/s1. The minimum Gasteiger partial charge on any atom is -0.490 e. The van der Waals surface area contributed by atoms with E-state index in [2.05, 4.69) is 5.32 Å². The zero-order chi connectivity index (χ0) is 21.4. The number of halogens is 3. The molecule has 0 aromatic heterocycles. The minimum atomic E-state index is -4.47. The third-order valence-electron chi connectivity index (χ3n) is 3.65. The molecule has 29 heavy (non-hydrogen) atoms. The Hall–Kier alpha value is -3.23. The van der Waals surface area contributed by atoms with Crippen molar-refractivity contribution in [3.8, 4) is 11.5 Å². The molecule has 0 fully saturated rings. The quantitative estimate of drug-likeness (QED) is 0.664. The molecule has 0 aliphatic carbocycles. The fourth-order valence-electron chi connectivity index (χ4n) is 2.25. The van der Waals surface area contributed by atoms with Gasteiger partial charge in [-0.15, -0.1) is 0 Å². The lowest BCUT2D eigenvalue weighted by molar-refractivity contribution is -0.155. The van der Waals surface area contributed by atoms with Gasteiger partial charge in [0.15, 0.2) is 24.2 Å². The second kappa shape index (κ2) is 9.81. The van der Waals surface area contributed by atoms with Crippen molar-refractivity contribution in [2.45, 2.75) is 26.1 Å². The molecule has 0 spiro atoms. The van der Waals surface area contributed by atoms with Crippen molar-refractivity contribution in [2.75, 3.05) is 18.5 Å². The molecule has 9 heteroatoms. The fraction of sp³-hybridized carbons (Fsp3) is 0.300. The molecule has 0 heterocycles. The lowest BCUT2D eigenvalue weighted by Gasteiger charge is -2.15. The van der Waals surface area contributed by atoms with Crippen LogP contribution >= 0.6 is 0 Å². The lowest BCUT2D eigenvalue weighted by atomic mass is 10.2. The van der Waals surface area contributed by atoms with Crippen LogP contribution < -0.4 is 14.8 Å². The smallest absolute Gasteiger partial charge is 0.416 e. The molecule has 0 bridgehead atoms. The first-order valence-electron chi connectivity index (χ1n) is 8.73. The van der Waals surface area contributed by atoms with E-state index < -0.39 is 36.3 Å². The molecule has 1 N–H and O–H groups in total. The van der Waals surface area contributed by atoms with Crippen molar-refractivity contribution in [1.82, 2.24) is 0 Å². The van der Waals surface area contributed by atoms with Crippen molar-refractivity contribution in [2.24, 2.45) is 0 Å². The van der Waals surface area contributed by atoms with Crippen molar-refractivity contribution in [3.05, 3.63) is 54.1 Å². The third kappa shape index (κ3) is 6.70. The maximum Gasteiger partial charge on any atom is 0.416 e. The molecule has 1 atom stereocenters. The fourth-order valence-corrected chi connectivity index (χ4v) is 2.25. The summed E-state index contributed by atoms with van der Waals surface area (Å²) in [4.78, 5) is 24.0. The number of esters is 1. The largest absolute Gasteiger partial charge is 0.490 e. The van der Waals surface area contributed by atoms with E-state index in [-0.39, 0.29) is 5.69 Å². The van der Waals surface area contributed by atoms with Crippen LogP contribution in [-0.4, -0.2) is 31.2 Å². The molecule has 0 aliphatic rings. The summed E-state index contributed by atoms with van der Waals surface area (Å²) in [6, 6.07) is 10.7. The summed E-state index contributed by atoms with van der Waals surface area (Å²) in [5.74, 6) is -0.650. The normalized spacial score (nSPS) is 12.0. The zero-order valence-electron chi connectivity index (χ0n) is 15.8. The van der Waals surface area contributed by atoms with Gasteiger partial charge in [-0.3, -0.25) is 4.79 Å². The highest BCUT2D eigenvalue weighted by Crippen LogP contribution is 2.30. The summed E-state index contributed by atoms with van der Waals surface area (Å²) in [7, 11) is 0. The molecule has 0 aliphatic heterocycles. The number of alkyl halides is 3. The highest BCUT2D eigenvalue weighted by molar-refractivity contribution is 5.95. The molecular formula is C20H20F3NO5. The summed E-state index contributed by atoms with van der Waals surface area (Å²) < 4.78 is 53.4. The van der Waals surface area contributed by atoms with Gasteiger partial charge >= 0.3 is 12.1 Å². The molecule has 2 aromatic rings. The van der Waals surface area contributed by atoms with Crippen molar-refractivity contribution >= 4 is 17.6 Å². The summed E-state index contributed by atoms with van der Waals surface area (Å²) in [6.45, 7) is 3.13. The van der Waals surface area contributed by atoms with Crippen LogP contribution in [0, 0.1) is 0 Å². The number of nitrogens with one attached hydrogen (secondary N) is 1. The number of carbonyl (C=O) groups is 2. The first kappa shape index (κ1) is 22.1. The molecule has 6 nitrogen and oxygen atoms in total. The number of benzene rings is 2. The summed E-state index contributed by atoms with van der Waals surface area (Å²) in [6.07, 6.45) is -5.64. The van der Waals surface area contributed by atoms with Gasteiger partial charge in [-0.1, -0.05) is 12.1 Å². The molecule has 0 saturated carbocycles. The summed E-state index contributed by atoms with van der Waals surface area (Å²) >= 11 is 0. The number of para-hydroxylation sites is 2. The maximum atomic E-state index is 12.6. The van der Waals surface area contributed by atoms with Crippen LogP contribution in [0.1, 0.15) is 19.4 Å². The number of hydrogen-bond acceptors (Lipinski definition) is 5. The Morgan fingerprint density at radius 1 is 1.00 bits per heavy atom. The van der Waals surface area contributed by atoms with E-state index in [1.807, 2.05) is 6.92 Å². The van der Waals surface area contributed by atoms with E-state index >= 15 is 0 Å². The number of rotatable bonds is 8. The highest BCUT2D eigenvalue weighted by Gasteiger charge is 2.30. The van der Waals surface area contributed by atoms with E-state index in [1.165, 1.54) is 6.92 Å². The van der Waals surface area contributed by atoms with Gasteiger partial charge in [-0.25, -0.2) is 4.79 Å². The van der Waals surface area contributed by atoms with E-state index in [1.54, 1.807) is 24.3 Å². The van der Waals surface area contributed by atoms with Gasteiger partial charge in [0.2, 0.25) is 0 Å². The molecule has 2 aromatic carbocycles. The third-order valence-corrected chi connectivity index (χ3v) is 3.65. The SMILES string of the molecule is CCOc1ccccc1OCC(=O)O[C@@H](C)C(=O)Nc1ccc(C(F)(F)F)cc1. The van der Waals surface area contributed by atoms with Gasteiger partial charge in [0.1, 0.15) is 0 Å². The van der Waals surface area contributed by atoms with Crippen LogP contribution in [0.15, 0.2) is 48.5 Å². The first-order valence-corrected chi connectivity index (χ1v) is 8.73. The van der Waals surface area contributed by atoms with Crippen LogP contribution in [0.4, 0.5) is 18.9 Å². The van der Waals surface area contributed by atoms with Gasteiger partial charge in [0.25, 0.3) is 5.91 Å². The van der Waals surface area contributed by atoms with Gasteiger partial charge in [-0.2, -0.15) is 13.2 Å². The molecule has 0 saturated heterocycles. The van der Waals surface area contributed by atoms with Crippen LogP contribution in [0.25, 0.3) is 0 Å². The van der Waals surface area contributed by atoms with Gasteiger partial charge in [-0.05, 0) is 50.2 Å². The van der Waals surface area contributed by atoms with Crippen LogP contribution in [0.3, 0.4) is 0 Å². The maximum absolute atomic E-state index is 12.6. The van der Waals surface area contributed by atoms with E-state index in [4.69, 9.17) is 14.2 Å². The number of anilines is 1. The lowest BCUT2D eigenvalue weighted by Crippen LogP contribution is -2.31. The average molecular weight is 411 g/mol. The Bertz CT molecular complexity index is 837. The number of amides is 1. The molecule has 0 unspecified atom stereocenters. The van der Waals surface area contributed by atoms with Crippen molar-refractivity contribution < 1.29 is 37.0 Å². The Kier molecular flexibility index (Phi) is 7.46. The number of ether oxygens (including phenoxy) is 3. The molecule has 156 valence electrons. The Morgan fingerprint density at radius 3 is 2.14 bits per heavy atom. The minimum absolute atomic E-state index is 0.146. The number of carbonyl (C=O) groups excluding carboxylic acids is 2. The zero-order valence-corrected chi connectivity index (χ0v) is 15.8. The molecular weight excluding hydrogens is 391 g/mol. The Labute approximate surface area is 165 Å². The van der Waals surface area contributed by atoms with E-state index in [9.17, 15) is 22.8 Å². The second-order valence-electron chi connectivity index (χ2n) is 5.86. The van der Waals surface area contributed by atoms with Crippen molar-refractivity contribution in [3.63, 3.8) is 0 Å².